The molecule has 4 nitrogen and oxygen atoms in total. The number of fused-ring (bicyclic) bond motifs is 6. The lowest BCUT2D eigenvalue weighted by Gasteiger charge is -2.26. The molecule has 0 bridgehead atoms. The Balaban J connectivity index is 1.02. The van der Waals surface area contributed by atoms with E-state index in [2.05, 4.69) is 185 Å². The minimum absolute atomic E-state index is 0.637. The predicted octanol–water partition coefficient (Wildman–Crippen LogP) is 14.5. The zero-order chi connectivity index (χ0) is 37.7. The van der Waals surface area contributed by atoms with Gasteiger partial charge >= 0.3 is 0 Å². The van der Waals surface area contributed by atoms with Crippen LogP contribution in [0.1, 0.15) is 0 Å². The van der Waals surface area contributed by atoms with Crippen LogP contribution in [0.15, 0.2) is 217 Å². The van der Waals surface area contributed by atoms with Gasteiger partial charge in [0.25, 0.3) is 0 Å². The number of oxazole rings is 1. The molecule has 11 aromatic rings. The van der Waals surface area contributed by atoms with E-state index in [0.29, 0.717) is 5.89 Å². The first-order valence-corrected chi connectivity index (χ1v) is 19.3. The van der Waals surface area contributed by atoms with Crippen molar-refractivity contribution in [3.8, 4) is 39.4 Å². The third-order valence-electron chi connectivity index (χ3n) is 11.0. The van der Waals surface area contributed by atoms with E-state index in [1.54, 1.807) is 0 Å². The molecule has 0 aliphatic carbocycles. The largest absolute Gasteiger partial charge is 0.436 e. The first kappa shape index (κ1) is 32.7. The first-order chi connectivity index (χ1) is 28.2. The molecule has 268 valence electrons. The van der Waals surface area contributed by atoms with Gasteiger partial charge in [-0.3, -0.25) is 0 Å². The number of anilines is 3. The van der Waals surface area contributed by atoms with Gasteiger partial charge in [0.15, 0.2) is 5.58 Å². The normalized spacial score (nSPS) is 11.5. The van der Waals surface area contributed by atoms with Crippen molar-refractivity contribution >= 4 is 60.7 Å². The zero-order valence-corrected chi connectivity index (χ0v) is 31.0. The number of para-hydroxylation sites is 2. The molecule has 2 heterocycles. The van der Waals surface area contributed by atoms with Gasteiger partial charge in [-0.15, -0.1) is 0 Å². The lowest BCUT2D eigenvalue weighted by atomic mass is 10.00. The van der Waals surface area contributed by atoms with Crippen molar-refractivity contribution in [2.45, 2.75) is 0 Å². The summed E-state index contributed by atoms with van der Waals surface area (Å²) < 4.78 is 8.53. The molecule has 0 saturated heterocycles. The van der Waals surface area contributed by atoms with Crippen molar-refractivity contribution in [3.63, 3.8) is 0 Å². The Labute approximate surface area is 330 Å². The van der Waals surface area contributed by atoms with Gasteiger partial charge < -0.3 is 13.9 Å². The molecular formula is C53H35N3O. The SMILES string of the molecule is c1ccc(-c2cccc(N(c3ccc(-c4ccc5c(ccc6oc(-c7ccccc7)nc65)c4)cc3)c3ccc4c(c3)c3ccccc3n4-c3ccccc3)c2)cc1. The van der Waals surface area contributed by atoms with E-state index in [4.69, 9.17) is 9.40 Å². The summed E-state index contributed by atoms with van der Waals surface area (Å²) in [4.78, 5) is 7.28. The molecule has 0 saturated carbocycles. The van der Waals surface area contributed by atoms with Crippen molar-refractivity contribution < 1.29 is 4.42 Å². The Morgan fingerprint density at radius 2 is 1.00 bits per heavy atom. The van der Waals surface area contributed by atoms with Crippen LogP contribution in [0.4, 0.5) is 17.1 Å². The molecule has 57 heavy (non-hydrogen) atoms. The maximum atomic E-state index is 6.17. The molecule has 0 aliphatic rings. The van der Waals surface area contributed by atoms with Gasteiger partial charge in [-0.1, -0.05) is 127 Å². The molecule has 0 atom stereocenters. The van der Waals surface area contributed by atoms with Crippen LogP contribution in [0.2, 0.25) is 0 Å². The Kier molecular flexibility index (Phi) is 7.78. The molecule has 2 aromatic heterocycles. The molecule has 9 aromatic carbocycles. The first-order valence-electron chi connectivity index (χ1n) is 19.3. The summed E-state index contributed by atoms with van der Waals surface area (Å²) in [5, 5.41) is 4.63. The fraction of sp³-hybridized carbons (Fsp3) is 0. The number of benzene rings is 9. The average Bonchev–Trinajstić information content (AvgIpc) is 3.88. The molecule has 4 heteroatoms. The van der Waals surface area contributed by atoms with Gasteiger partial charge in [-0.25, -0.2) is 4.98 Å². The third kappa shape index (κ3) is 5.74. The lowest BCUT2D eigenvalue weighted by Crippen LogP contribution is -2.10. The number of aromatic nitrogens is 2. The summed E-state index contributed by atoms with van der Waals surface area (Å²) in [6.45, 7) is 0. The average molecular weight is 730 g/mol. The van der Waals surface area contributed by atoms with Gasteiger partial charge in [0, 0.05) is 44.5 Å². The van der Waals surface area contributed by atoms with Crippen LogP contribution < -0.4 is 4.90 Å². The molecule has 0 amide bonds. The van der Waals surface area contributed by atoms with Crippen molar-refractivity contribution in [1.82, 2.24) is 9.55 Å². The van der Waals surface area contributed by atoms with Crippen LogP contribution in [0.3, 0.4) is 0 Å². The van der Waals surface area contributed by atoms with Gasteiger partial charge in [-0.05, 0) is 113 Å². The highest BCUT2D eigenvalue weighted by atomic mass is 16.3. The molecule has 0 radical (unpaired) electrons. The molecule has 0 N–H and O–H groups in total. The minimum atomic E-state index is 0.637. The second kappa shape index (κ2) is 13.6. The third-order valence-corrected chi connectivity index (χ3v) is 11.0. The van der Waals surface area contributed by atoms with Crippen molar-refractivity contribution in [3.05, 3.63) is 212 Å². The van der Waals surface area contributed by atoms with Crippen LogP contribution >= 0.6 is 0 Å². The summed E-state index contributed by atoms with van der Waals surface area (Å²) >= 11 is 0. The number of nitrogens with zero attached hydrogens (tertiary/aromatic N) is 3. The lowest BCUT2D eigenvalue weighted by molar-refractivity contribution is 0.620. The van der Waals surface area contributed by atoms with Crippen LogP contribution in [0, 0.1) is 0 Å². The van der Waals surface area contributed by atoms with Gasteiger partial charge in [0.1, 0.15) is 5.52 Å². The Morgan fingerprint density at radius 3 is 1.81 bits per heavy atom. The highest BCUT2D eigenvalue weighted by Gasteiger charge is 2.19. The van der Waals surface area contributed by atoms with Crippen LogP contribution in [0.5, 0.6) is 0 Å². The number of rotatable bonds is 7. The van der Waals surface area contributed by atoms with Gasteiger partial charge in [-0.2, -0.15) is 0 Å². The Bertz CT molecular complexity index is 3220. The van der Waals surface area contributed by atoms with E-state index in [1.807, 2.05) is 36.4 Å². The van der Waals surface area contributed by atoms with E-state index in [-0.39, 0.29) is 0 Å². The van der Waals surface area contributed by atoms with Crippen molar-refractivity contribution in [2.24, 2.45) is 0 Å². The molecule has 0 aliphatic heterocycles. The summed E-state index contributed by atoms with van der Waals surface area (Å²) in [6, 6.07) is 75.4. The number of hydrogen-bond acceptors (Lipinski definition) is 3. The summed E-state index contributed by atoms with van der Waals surface area (Å²) in [6.07, 6.45) is 0. The van der Waals surface area contributed by atoms with Crippen LogP contribution in [0.25, 0.3) is 83.1 Å². The highest BCUT2D eigenvalue weighted by molar-refractivity contribution is 6.11. The van der Waals surface area contributed by atoms with Crippen molar-refractivity contribution in [2.75, 3.05) is 4.90 Å². The monoisotopic (exact) mass is 729 g/mol. The Hall–Kier alpha value is -7.69. The molecule has 0 unspecified atom stereocenters. The van der Waals surface area contributed by atoms with Crippen LogP contribution in [-0.4, -0.2) is 9.55 Å². The summed E-state index contributed by atoms with van der Waals surface area (Å²) in [5.74, 6) is 0.637. The smallest absolute Gasteiger partial charge is 0.227 e. The highest BCUT2D eigenvalue weighted by Crippen LogP contribution is 2.41. The van der Waals surface area contributed by atoms with Crippen molar-refractivity contribution in [1.29, 1.82) is 0 Å². The summed E-state index contributed by atoms with van der Waals surface area (Å²) in [5.41, 5.74) is 14.1. The standard InChI is InChI=1S/C53H35N3O/c1-4-13-36(14-5-1)39-17-12-20-44(34-39)55(45-29-31-50-48(35-45)47-21-10-11-22-49(47)56(50)42-18-8-3-9-19-42)43-27-23-37(24-28-43)40-25-30-46-41(33-40)26-32-51-52(46)54-53(57-51)38-15-6-2-7-16-38/h1-35H. The van der Waals surface area contributed by atoms with E-state index >= 15 is 0 Å². The zero-order valence-electron chi connectivity index (χ0n) is 31.0. The minimum Gasteiger partial charge on any atom is -0.436 e. The second-order valence-electron chi connectivity index (χ2n) is 14.4. The molecule has 11 rings (SSSR count). The fourth-order valence-corrected chi connectivity index (χ4v) is 8.26. The number of hydrogen-bond donors (Lipinski definition) is 0. The van der Waals surface area contributed by atoms with E-state index in [1.165, 1.54) is 32.9 Å². The fourth-order valence-electron chi connectivity index (χ4n) is 8.26. The second-order valence-corrected chi connectivity index (χ2v) is 14.4. The predicted molar refractivity (Wildman–Crippen MR) is 237 cm³/mol. The quantitative estimate of drug-likeness (QED) is 0.164. The van der Waals surface area contributed by atoms with Gasteiger partial charge in [0.2, 0.25) is 5.89 Å². The molecule has 0 fully saturated rings. The van der Waals surface area contributed by atoms with Gasteiger partial charge in [0.05, 0.1) is 11.0 Å². The topological polar surface area (TPSA) is 34.2 Å². The summed E-state index contributed by atoms with van der Waals surface area (Å²) in [7, 11) is 0. The van der Waals surface area contributed by atoms with Crippen LogP contribution in [-0.2, 0) is 0 Å². The maximum Gasteiger partial charge on any atom is 0.227 e. The maximum absolute atomic E-state index is 6.17. The molecular weight excluding hydrogens is 695 g/mol. The molecule has 0 spiro atoms. The Morgan fingerprint density at radius 1 is 0.386 bits per heavy atom. The van der Waals surface area contributed by atoms with E-state index in [0.717, 1.165) is 61.3 Å². The van der Waals surface area contributed by atoms with E-state index < -0.39 is 0 Å². The van der Waals surface area contributed by atoms with E-state index in [9.17, 15) is 0 Å².